The van der Waals surface area contributed by atoms with Gasteiger partial charge in [0.05, 0.1) is 9.04 Å². The van der Waals surface area contributed by atoms with Crippen molar-refractivity contribution < 1.29 is 0 Å². The average Bonchev–Trinajstić information content (AvgIpc) is 2.60. The lowest BCUT2D eigenvalue weighted by Crippen LogP contribution is -1.58. The molecule has 0 spiro atoms. The van der Waals surface area contributed by atoms with Gasteiger partial charge in [0.2, 0.25) is 0 Å². The molecular weight excluding hydrogens is 220 g/mol. The molecule has 64 valence electrons. The summed E-state index contributed by atoms with van der Waals surface area (Å²) >= 11 is 9.42. The van der Waals surface area contributed by atoms with Crippen LogP contribution in [0.5, 0.6) is 0 Å². The van der Waals surface area contributed by atoms with Crippen LogP contribution >= 0.6 is 34.3 Å². The molecule has 0 bridgehead atoms. The molecular formula is C10H5ClS2. The lowest BCUT2D eigenvalue weighted by atomic mass is 10.2. The molecule has 0 atom stereocenters. The maximum absolute atomic E-state index is 5.95. The van der Waals surface area contributed by atoms with Crippen molar-refractivity contribution in [3.05, 3.63) is 34.7 Å². The Labute approximate surface area is 88.4 Å². The Morgan fingerprint density at radius 1 is 1.00 bits per heavy atom. The number of hydrogen-bond donors (Lipinski definition) is 0. The van der Waals surface area contributed by atoms with Gasteiger partial charge in [0.25, 0.3) is 0 Å². The smallest absolute Gasteiger partial charge is 0.0949 e. The minimum absolute atomic E-state index is 0.881. The van der Waals surface area contributed by atoms with Gasteiger partial charge in [-0.1, -0.05) is 29.8 Å². The highest BCUT2D eigenvalue weighted by molar-refractivity contribution is 7.34. The van der Waals surface area contributed by atoms with Crippen LogP contribution in [0.2, 0.25) is 4.34 Å². The first-order chi connectivity index (χ1) is 6.34. The molecule has 0 nitrogen and oxygen atoms in total. The lowest BCUT2D eigenvalue weighted by molar-refractivity contribution is 1.87. The molecule has 13 heavy (non-hydrogen) atoms. The molecule has 1 aromatic carbocycles. The van der Waals surface area contributed by atoms with Crippen molar-refractivity contribution in [2.75, 3.05) is 0 Å². The van der Waals surface area contributed by atoms with Crippen LogP contribution in [0.15, 0.2) is 30.3 Å². The summed E-state index contributed by atoms with van der Waals surface area (Å²) < 4.78 is 4.86. The zero-order valence-corrected chi connectivity index (χ0v) is 8.97. The van der Waals surface area contributed by atoms with Crippen LogP contribution < -0.4 is 0 Å². The first-order valence-electron chi connectivity index (χ1n) is 3.91. The van der Waals surface area contributed by atoms with Gasteiger partial charge in [-0.05, 0) is 12.1 Å². The third-order valence-electron chi connectivity index (χ3n) is 2.02. The van der Waals surface area contributed by atoms with E-state index in [0.29, 0.717) is 0 Å². The van der Waals surface area contributed by atoms with Gasteiger partial charge in [-0.15, -0.1) is 22.7 Å². The molecule has 0 aliphatic rings. The van der Waals surface area contributed by atoms with Gasteiger partial charge in [0.1, 0.15) is 0 Å². The Balaban J connectivity index is 2.60. The predicted octanol–water partition coefficient (Wildman–Crippen LogP) is 4.77. The number of halogens is 1. The van der Waals surface area contributed by atoms with Crippen LogP contribution in [0.4, 0.5) is 0 Å². The summed E-state index contributed by atoms with van der Waals surface area (Å²) in [5.41, 5.74) is 0. The van der Waals surface area contributed by atoms with E-state index >= 15 is 0 Å². The molecule has 0 aliphatic carbocycles. The summed E-state index contributed by atoms with van der Waals surface area (Å²) in [5, 5.41) is 1.33. The van der Waals surface area contributed by atoms with Crippen molar-refractivity contribution >= 4 is 53.8 Å². The molecule has 0 saturated carbocycles. The molecule has 0 fully saturated rings. The molecule has 0 radical (unpaired) electrons. The van der Waals surface area contributed by atoms with Crippen molar-refractivity contribution in [2.45, 2.75) is 0 Å². The number of thiophene rings is 2. The van der Waals surface area contributed by atoms with Gasteiger partial charge in [0.15, 0.2) is 0 Å². The standard InChI is InChI=1S/C10H5ClS2/c11-9-5-8-10(13-9)6-3-1-2-4-7(6)12-8/h1-5H. The van der Waals surface area contributed by atoms with E-state index in [4.69, 9.17) is 11.6 Å². The Bertz CT molecular complexity index is 577. The maximum atomic E-state index is 5.95. The largest absolute Gasteiger partial charge is 0.134 e. The highest BCUT2D eigenvalue weighted by Gasteiger charge is 2.06. The molecule has 3 heteroatoms. The van der Waals surface area contributed by atoms with Crippen LogP contribution in [0.3, 0.4) is 0 Å². The number of rotatable bonds is 0. The van der Waals surface area contributed by atoms with Crippen molar-refractivity contribution in [1.82, 2.24) is 0 Å². The second kappa shape index (κ2) is 2.71. The van der Waals surface area contributed by atoms with E-state index < -0.39 is 0 Å². The topological polar surface area (TPSA) is 0 Å². The van der Waals surface area contributed by atoms with E-state index in [0.717, 1.165) is 4.34 Å². The number of benzene rings is 1. The van der Waals surface area contributed by atoms with Gasteiger partial charge in [-0.2, -0.15) is 0 Å². The van der Waals surface area contributed by atoms with Crippen LogP contribution in [-0.4, -0.2) is 0 Å². The molecule has 0 aliphatic heterocycles. The first-order valence-corrected chi connectivity index (χ1v) is 5.92. The second-order valence-electron chi connectivity index (χ2n) is 2.84. The summed E-state index contributed by atoms with van der Waals surface area (Å²) in [6.07, 6.45) is 0. The van der Waals surface area contributed by atoms with E-state index in [9.17, 15) is 0 Å². The summed E-state index contributed by atoms with van der Waals surface area (Å²) in [6, 6.07) is 10.5. The summed E-state index contributed by atoms with van der Waals surface area (Å²) in [7, 11) is 0. The van der Waals surface area contributed by atoms with E-state index in [1.807, 2.05) is 17.4 Å². The minimum Gasteiger partial charge on any atom is -0.134 e. The summed E-state index contributed by atoms with van der Waals surface area (Å²) in [4.78, 5) is 0. The van der Waals surface area contributed by atoms with Gasteiger partial charge in [-0.25, -0.2) is 0 Å². The van der Waals surface area contributed by atoms with Gasteiger partial charge in [-0.3, -0.25) is 0 Å². The fourth-order valence-electron chi connectivity index (χ4n) is 1.47. The summed E-state index contributed by atoms with van der Waals surface area (Å²) in [5.74, 6) is 0. The van der Waals surface area contributed by atoms with E-state index in [1.165, 1.54) is 19.5 Å². The van der Waals surface area contributed by atoms with Crippen molar-refractivity contribution in [3.8, 4) is 0 Å². The molecule has 2 aromatic heterocycles. The van der Waals surface area contributed by atoms with Gasteiger partial charge >= 0.3 is 0 Å². The molecule has 0 amide bonds. The molecule has 0 saturated heterocycles. The molecule has 2 heterocycles. The Hall–Kier alpha value is -0.570. The Morgan fingerprint density at radius 2 is 1.85 bits per heavy atom. The molecule has 0 unspecified atom stereocenters. The fraction of sp³-hybridized carbons (Fsp3) is 0. The minimum atomic E-state index is 0.881. The van der Waals surface area contributed by atoms with E-state index in [-0.39, 0.29) is 0 Å². The van der Waals surface area contributed by atoms with Crippen molar-refractivity contribution in [1.29, 1.82) is 0 Å². The zero-order valence-electron chi connectivity index (χ0n) is 6.58. The Morgan fingerprint density at radius 3 is 2.77 bits per heavy atom. The second-order valence-corrected chi connectivity index (χ2v) is 5.61. The van der Waals surface area contributed by atoms with Crippen LogP contribution in [0.1, 0.15) is 0 Å². The quantitative estimate of drug-likeness (QED) is 0.516. The monoisotopic (exact) mass is 224 g/mol. The fourth-order valence-corrected chi connectivity index (χ4v) is 4.13. The van der Waals surface area contributed by atoms with E-state index in [1.54, 1.807) is 11.3 Å². The molecule has 0 N–H and O–H groups in total. The third kappa shape index (κ3) is 1.10. The first kappa shape index (κ1) is 7.80. The van der Waals surface area contributed by atoms with Crippen LogP contribution in [-0.2, 0) is 0 Å². The number of hydrogen-bond acceptors (Lipinski definition) is 2. The van der Waals surface area contributed by atoms with Gasteiger partial charge in [0, 0.05) is 14.8 Å². The molecule has 3 aromatic rings. The Kier molecular flexibility index (Phi) is 1.62. The van der Waals surface area contributed by atoms with Crippen molar-refractivity contribution in [3.63, 3.8) is 0 Å². The average molecular weight is 225 g/mol. The van der Waals surface area contributed by atoms with Gasteiger partial charge < -0.3 is 0 Å². The van der Waals surface area contributed by atoms with E-state index in [2.05, 4.69) is 24.3 Å². The van der Waals surface area contributed by atoms with Crippen LogP contribution in [0.25, 0.3) is 19.5 Å². The third-order valence-corrected chi connectivity index (χ3v) is 4.56. The lowest BCUT2D eigenvalue weighted by Gasteiger charge is -1.85. The number of fused-ring (bicyclic) bond motifs is 3. The predicted molar refractivity (Wildman–Crippen MR) is 62.2 cm³/mol. The SMILES string of the molecule is Clc1cc2sc3ccccc3c2s1. The maximum Gasteiger partial charge on any atom is 0.0949 e. The van der Waals surface area contributed by atoms with Crippen molar-refractivity contribution in [2.24, 2.45) is 0 Å². The normalized spacial score (nSPS) is 11.5. The summed E-state index contributed by atoms with van der Waals surface area (Å²) in [6.45, 7) is 0. The molecule has 3 rings (SSSR count). The highest BCUT2D eigenvalue weighted by atomic mass is 35.5. The zero-order chi connectivity index (χ0) is 8.84. The highest BCUT2D eigenvalue weighted by Crippen LogP contribution is 2.40. The van der Waals surface area contributed by atoms with Crippen LogP contribution in [0, 0.1) is 0 Å².